The van der Waals surface area contributed by atoms with Gasteiger partial charge in [0.05, 0.1) is 6.04 Å². The second kappa shape index (κ2) is 6.43. The molecule has 0 saturated carbocycles. The van der Waals surface area contributed by atoms with Crippen LogP contribution in [-0.2, 0) is 6.42 Å². The van der Waals surface area contributed by atoms with Gasteiger partial charge in [0.2, 0.25) is 0 Å². The number of fused-ring (bicyclic) bond motifs is 1. The number of hydrogen-bond acceptors (Lipinski definition) is 3. The molecule has 0 saturated heterocycles. The van der Waals surface area contributed by atoms with E-state index >= 15 is 0 Å². The Kier molecular flexibility index (Phi) is 4.58. The Morgan fingerprint density at radius 3 is 2.81 bits per heavy atom. The number of rotatable bonds is 3. The molecular weight excluding hydrogens is 276 g/mol. The quantitative estimate of drug-likeness (QED) is 0.885. The highest BCUT2D eigenvalue weighted by molar-refractivity contribution is 8.13. The molecule has 114 valence electrons. The predicted octanol–water partition coefficient (Wildman–Crippen LogP) is 4.56. The van der Waals surface area contributed by atoms with Crippen LogP contribution in [0.2, 0.25) is 0 Å². The number of aliphatic imine (C=N–C) groups is 1. The SMILES string of the molecule is CCC1(CC)CN=C(NC2CCCc3ccccc32)SC1. The largest absolute Gasteiger partial charge is 0.358 e. The van der Waals surface area contributed by atoms with Crippen LogP contribution in [0.3, 0.4) is 0 Å². The standard InChI is InChI=1S/C18H26N2S/c1-3-18(4-2)12-19-17(21-13-18)20-16-11-7-9-14-8-5-6-10-15(14)16/h5-6,8,10,16H,3-4,7,9,11-13H2,1-2H3,(H,19,20). The minimum atomic E-state index is 0.431. The van der Waals surface area contributed by atoms with Crippen molar-refractivity contribution >= 4 is 16.9 Å². The van der Waals surface area contributed by atoms with Crippen molar-refractivity contribution in [3.8, 4) is 0 Å². The van der Waals surface area contributed by atoms with Crippen LogP contribution in [0.15, 0.2) is 29.3 Å². The molecule has 1 atom stereocenters. The number of nitrogens with zero attached hydrogens (tertiary/aromatic N) is 1. The molecule has 0 bridgehead atoms. The Balaban J connectivity index is 1.70. The van der Waals surface area contributed by atoms with E-state index in [1.807, 2.05) is 11.8 Å². The molecule has 1 unspecified atom stereocenters. The predicted molar refractivity (Wildman–Crippen MR) is 93.0 cm³/mol. The molecule has 21 heavy (non-hydrogen) atoms. The highest BCUT2D eigenvalue weighted by Gasteiger charge is 2.31. The first kappa shape index (κ1) is 15.0. The monoisotopic (exact) mass is 302 g/mol. The van der Waals surface area contributed by atoms with Gasteiger partial charge < -0.3 is 5.32 Å². The first-order valence-electron chi connectivity index (χ1n) is 8.28. The zero-order valence-corrected chi connectivity index (χ0v) is 14.0. The van der Waals surface area contributed by atoms with Gasteiger partial charge in [-0.25, -0.2) is 0 Å². The summed E-state index contributed by atoms with van der Waals surface area (Å²) >= 11 is 1.93. The lowest BCUT2D eigenvalue weighted by atomic mass is 9.84. The highest BCUT2D eigenvalue weighted by atomic mass is 32.2. The van der Waals surface area contributed by atoms with Gasteiger partial charge in [0.1, 0.15) is 0 Å². The third-order valence-electron chi connectivity index (χ3n) is 5.24. The minimum Gasteiger partial charge on any atom is -0.358 e. The van der Waals surface area contributed by atoms with Gasteiger partial charge in [-0.3, -0.25) is 4.99 Å². The molecule has 1 aromatic carbocycles. The fourth-order valence-electron chi connectivity index (χ4n) is 3.37. The van der Waals surface area contributed by atoms with Crippen LogP contribution in [0.5, 0.6) is 0 Å². The normalized spacial score (nSPS) is 24.1. The average Bonchev–Trinajstić information content (AvgIpc) is 2.56. The summed E-state index contributed by atoms with van der Waals surface area (Å²) in [6.07, 6.45) is 6.20. The summed E-state index contributed by atoms with van der Waals surface area (Å²) in [5.74, 6) is 1.21. The number of benzene rings is 1. The molecule has 0 aromatic heterocycles. The number of amidine groups is 1. The zero-order valence-electron chi connectivity index (χ0n) is 13.2. The van der Waals surface area contributed by atoms with Crippen LogP contribution in [0.4, 0.5) is 0 Å². The van der Waals surface area contributed by atoms with Gasteiger partial charge >= 0.3 is 0 Å². The van der Waals surface area contributed by atoms with Gasteiger partial charge in [-0.2, -0.15) is 0 Å². The van der Waals surface area contributed by atoms with E-state index in [1.54, 1.807) is 0 Å². The second-order valence-electron chi connectivity index (χ2n) is 6.41. The average molecular weight is 302 g/mol. The van der Waals surface area contributed by atoms with Crippen LogP contribution in [0.25, 0.3) is 0 Å². The molecule has 1 heterocycles. The van der Waals surface area contributed by atoms with Gasteiger partial charge in [-0.05, 0) is 48.6 Å². The van der Waals surface area contributed by atoms with Gasteiger partial charge in [-0.15, -0.1) is 0 Å². The van der Waals surface area contributed by atoms with Crippen molar-refractivity contribution in [2.24, 2.45) is 10.4 Å². The van der Waals surface area contributed by atoms with Crippen molar-refractivity contribution in [1.82, 2.24) is 5.32 Å². The molecule has 1 aromatic rings. The molecule has 1 N–H and O–H groups in total. The number of aryl methyl sites for hydroxylation is 1. The van der Waals surface area contributed by atoms with Crippen molar-refractivity contribution in [3.63, 3.8) is 0 Å². The van der Waals surface area contributed by atoms with E-state index in [4.69, 9.17) is 4.99 Å². The lowest BCUT2D eigenvalue weighted by Crippen LogP contribution is -2.36. The minimum absolute atomic E-state index is 0.431. The highest BCUT2D eigenvalue weighted by Crippen LogP contribution is 2.36. The summed E-state index contributed by atoms with van der Waals surface area (Å²) in [6.45, 7) is 5.59. The summed E-state index contributed by atoms with van der Waals surface area (Å²) in [4.78, 5) is 4.86. The molecule has 2 nitrogen and oxygen atoms in total. The Morgan fingerprint density at radius 2 is 2.10 bits per heavy atom. The first-order valence-corrected chi connectivity index (χ1v) is 9.26. The topological polar surface area (TPSA) is 24.4 Å². The van der Waals surface area contributed by atoms with Gasteiger partial charge in [0, 0.05) is 12.3 Å². The van der Waals surface area contributed by atoms with Gasteiger partial charge in [0.15, 0.2) is 5.17 Å². The zero-order chi connectivity index (χ0) is 14.7. The molecule has 3 heteroatoms. The van der Waals surface area contributed by atoms with Gasteiger partial charge in [-0.1, -0.05) is 49.9 Å². The fraction of sp³-hybridized carbons (Fsp3) is 0.611. The maximum absolute atomic E-state index is 4.86. The molecule has 1 aliphatic carbocycles. The Morgan fingerprint density at radius 1 is 1.29 bits per heavy atom. The maximum Gasteiger partial charge on any atom is 0.157 e. The van der Waals surface area contributed by atoms with Crippen LogP contribution in [-0.4, -0.2) is 17.5 Å². The maximum atomic E-state index is 4.86. The summed E-state index contributed by atoms with van der Waals surface area (Å²) in [5, 5.41) is 4.87. The van der Waals surface area contributed by atoms with Crippen molar-refractivity contribution in [1.29, 1.82) is 0 Å². The molecule has 0 fully saturated rings. The van der Waals surface area contributed by atoms with Crippen molar-refractivity contribution in [2.45, 2.75) is 52.0 Å². The van der Waals surface area contributed by atoms with E-state index in [1.165, 1.54) is 49.0 Å². The number of hydrogen-bond donors (Lipinski definition) is 1. The Hall–Kier alpha value is -0.960. The smallest absolute Gasteiger partial charge is 0.157 e. The van der Waals surface area contributed by atoms with E-state index in [-0.39, 0.29) is 0 Å². The van der Waals surface area contributed by atoms with E-state index < -0.39 is 0 Å². The van der Waals surface area contributed by atoms with E-state index in [9.17, 15) is 0 Å². The Bertz CT molecular complexity index is 520. The summed E-state index contributed by atoms with van der Waals surface area (Å²) in [7, 11) is 0. The molecular formula is C18H26N2S. The van der Waals surface area contributed by atoms with Crippen molar-refractivity contribution in [3.05, 3.63) is 35.4 Å². The lowest BCUT2D eigenvalue weighted by Gasteiger charge is -2.35. The third kappa shape index (κ3) is 3.13. The third-order valence-corrected chi connectivity index (χ3v) is 6.52. The van der Waals surface area contributed by atoms with Crippen molar-refractivity contribution < 1.29 is 0 Å². The van der Waals surface area contributed by atoms with E-state index in [0.717, 1.165) is 11.7 Å². The summed E-state index contributed by atoms with van der Waals surface area (Å²) in [5.41, 5.74) is 3.43. The summed E-state index contributed by atoms with van der Waals surface area (Å²) in [6, 6.07) is 9.33. The van der Waals surface area contributed by atoms with E-state index in [2.05, 4.69) is 43.4 Å². The van der Waals surface area contributed by atoms with Crippen LogP contribution in [0.1, 0.15) is 56.7 Å². The molecule has 0 amide bonds. The molecule has 0 spiro atoms. The number of thioether (sulfide) groups is 1. The fourth-order valence-corrected chi connectivity index (χ4v) is 4.69. The van der Waals surface area contributed by atoms with Crippen LogP contribution < -0.4 is 5.32 Å². The van der Waals surface area contributed by atoms with Crippen LogP contribution in [0, 0.1) is 5.41 Å². The first-order chi connectivity index (χ1) is 10.3. The van der Waals surface area contributed by atoms with Crippen molar-refractivity contribution in [2.75, 3.05) is 12.3 Å². The Labute approximate surface area is 132 Å². The van der Waals surface area contributed by atoms with E-state index in [0.29, 0.717) is 11.5 Å². The molecule has 1 aliphatic heterocycles. The summed E-state index contributed by atoms with van der Waals surface area (Å²) < 4.78 is 0. The number of nitrogens with one attached hydrogen (secondary N) is 1. The van der Waals surface area contributed by atoms with Crippen LogP contribution >= 0.6 is 11.8 Å². The molecule has 2 aliphatic rings. The lowest BCUT2D eigenvalue weighted by molar-refractivity contribution is 0.317. The molecule has 3 rings (SSSR count). The van der Waals surface area contributed by atoms with Gasteiger partial charge in [0.25, 0.3) is 0 Å². The second-order valence-corrected chi connectivity index (χ2v) is 7.37. The molecule has 0 radical (unpaired) electrons.